The molecule has 0 fully saturated rings. The van der Waals surface area contributed by atoms with Gasteiger partial charge in [0, 0.05) is 12.1 Å². The zero-order chi connectivity index (χ0) is 20.1. The lowest BCUT2D eigenvalue weighted by Gasteiger charge is -2.12. The van der Waals surface area contributed by atoms with E-state index in [1.807, 2.05) is 30.3 Å². The molecule has 4 nitrogen and oxygen atoms in total. The molecular weight excluding hydrogens is 360 g/mol. The molecule has 0 atom stereocenters. The van der Waals surface area contributed by atoms with Crippen LogP contribution in [0.1, 0.15) is 18.4 Å². The summed E-state index contributed by atoms with van der Waals surface area (Å²) >= 11 is 0. The van der Waals surface area contributed by atoms with Crippen LogP contribution in [0.4, 0.5) is 0 Å². The van der Waals surface area contributed by atoms with Gasteiger partial charge in [-0.1, -0.05) is 48.5 Å². The summed E-state index contributed by atoms with van der Waals surface area (Å²) < 4.78 is 13.6. The van der Waals surface area contributed by atoms with Crippen molar-refractivity contribution in [1.29, 1.82) is 0 Å². The van der Waals surface area contributed by atoms with Crippen molar-refractivity contribution >= 4 is 11.0 Å². The smallest absolute Gasteiger partial charge is 0.161 e. The average molecular weight is 386 g/mol. The summed E-state index contributed by atoms with van der Waals surface area (Å²) in [6, 6.07) is 24.6. The van der Waals surface area contributed by atoms with E-state index >= 15 is 0 Å². The van der Waals surface area contributed by atoms with Gasteiger partial charge in [0.05, 0.1) is 24.8 Å². The SMILES string of the molecule is COc1ccccc1OCCCCn1c(-c2ccccc2C)nc2ccccc21. The predicted octanol–water partition coefficient (Wildman–Crippen LogP) is 5.88. The first-order valence-electron chi connectivity index (χ1n) is 10.0. The molecular formula is C25H26N2O2. The molecule has 3 aromatic carbocycles. The van der Waals surface area contributed by atoms with Crippen LogP contribution >= 0.6 is 0 Å². The quantitative estimate of drug-likeness (QED) is 0.355. The molecule has 0 aliphatic carbocycles. The molecule has 0 amide bonds. The Morgan fingerprint density at radius 2 is 1.55 bits per heavy atom. The molecule has 4 heteroatoms. The molecule has 0 unspecified atom stereocenters. The van der Waals surface area contributed by atoms with Crippen LogP contribution in [-0.4, -0.2) is 23.3 Å². The maximum Gasteiger partial charge on any atom is 0.161 e. The van der Waals surface area contributed by atoms with Crippen molar-refractivity contribution in [3.8, 4) is 22.9 Å². The van der Waals surface area contributed by atoms with Gasteiger partial charge in [0.25, 0.3) is 0 Å². The molecule has 0 aliphatic heterocycles. The van der Waals surface area contributed by atoms with Crippen LogP contribution in [0, 0.1) is 6.92 Å². The number of aromatic nitrogens is 2. The molecule has 0 spiro atoms. The van der Waals surface area contributed by atoms with Crippen molar-refractivity contribution in [2.24, 2.45) is 0 Å². The van der Waals surface area contributed by atoms with Gasteiger partial charge in [0.15, 0.2) is 11.5 Å². The highest BCUT2D eigenvalue weighted by Crippen LogP contribution is 2.28. The van der Waals surface area contributed by atoms with E-state index in [1.54, 1.807) is 7.11 Å². The lowest BCUT2D eigenvalue weighted by Crippen LogP contribution is -2.05. The third-order valence-corrected chi connectivity index (χ3v) is 5.14. The molecule has 0 radical (unpaired) electrons. The van der Waals surface area contributed by atoms with Crippen LogP contribution in [0.15, 0.2) is 72.8 Å². The molecule has 0 aliphatic rings. The predicted molar refractivity (Wildman–Crippen MR) is 118 cm³/mol. The largest absolute Gasteiger partial charge is 0.493 e. The number of nitrogens with zero attached hydrogens (tertiary/aromatic N) is 2. The zero-order valence-corrected chi connectivity index (χ0v) is 17.0. The number of methoxy groups -OCH3 is 1. The fraction of sp³-hybridized carbons (Fsp3) is 0.240. The van der Waals surface area contributed by atoms with Crippen molar-refractivity contribution in [3.05, 3.63) is 78.4 Å². The fourth-order valence-corrected chi connectivity index (χ4v) is 3.62. The van der Waals surface area contributed by atoms with Gasteiger partial charge in [-0.25, -0.2) is 4.98 Å². The average Bonchev–Trinajstić information content (AvgIpc) is 3.12. The van der Waals surface area contributed by atoms with Crippen molar-refractivity contribution in [2.45, 2.75) is 26.3 Å². The van der Waals surface area contributed by atoms with Crippen LogP contribution in [-0.2, 0) is 6.54 Å². The Balaban J connectivity index is 1.48. The van der Waals surface area contributed by atoms with Crippen LogP contribution in [0.3, 0.4) is 0 Å². The number of rotatable bonds is 8. The number of imidazole rings is 1. The van der Waals surface area contributed by atoms with Gasteiger partial charge in [-0.3, -0.25) is 0 Å². The van der Waals surface area contributed by atoms with Gasteiger partial charge < -0.3 is 14.0 Å². The molecule has 1 aromatic heterocycles. The van der Waals surface area contributed by atoms with Crippen molar-refractivity contribution < 1.29 is 9.47 Å². The van der Waals surface area contributed by atoms with E-state index in [-0.39, 0.29) is 0 Å². The number of para-hydroxylation sites is 4. The number of aryl methyl sites for hydroxylation is 2. The lowest BCUT2D eigenvalue weighted by atomic mass is 10.1. The lowest BCUT2D eigenvalue weighted by molar-refractivity contribution is 0.284. The van der Waals surface area contributed by atoms with E-state index in [2.05, 4.69) is 54.0 Å². The highest BCUT2D eigenvalue weighted by Gasteiger charge is 2.13. The Morgan fingerprint density at radius 1 is 0.828 bits per heavy atom. The summed E-state index contributed by atoms with van der Waals surface area (Å²) in [4.78, 5) is 4.93. The second-order valence-electron chi connectivity index (χ2n) is 7.10. The minimum Gasteiger partial charge on any atom is -0.493 e. The number of fused-ring (bicyclic) bond motifs is 1. The van der Waals surface area contributed by atoms with Crippen LogP contribution < -0.4 is 9.47 Å². The Labute approximate surface area is 171 Å². The van der Waals surface area contributed by atoms with Crippen LogP contribution in [0.2, 0.25) is 0 Å². The summed E-state index contributed by atoms with van der Waals surface area (Å²) in [5.41, 5.74) is 4.64. The maximum absolute atomic E-state index is 5.92. The molecule has 0 saturated heterocycles. The normalized spacial score (nSPS) is 11.0. The first kappa shape index (κ1) is 19.1. The molecule has 29 heavy (non-hydrogen) atoms. The zero-order valence-electron chi connectivity index (χ0n) is 17.0. The van der Waals surface area contributed by atoms with Gasteiger partial charge in [0.2, 0.25) is 0 Å². The third-order valence-electron chi connectivity index (χ3n) is 5.14. The first-order chi connectivity index (χ1) is 14.3. The highest BCUT2D eigenvalue weighted by molar-refractivity contribution is 5.81. The molecule has 4 rings (SSSR count). The molecule has 1 heterocycles. The number of hydrogen-bond donors (Lipinski definition) is 0. The monoisotopic (exact) mass is 386 g/mol. The Kier molecular flexibility index (Phi) is 5.80. The Hall–Kier alpha value is -3.27. The molecule has 0 N–H and O–H groups in total. The summed E-state index contributed by atoms with van der Waals surface area (Å²) in [6.07, 6.45) is 1.96. The molecule has 4 aromatic rings. The number of ether oxygens (including phenoxy) is 2. The van der Waals surface area contributed by atoms with Gasteiger partial charge >= 0.3 is 0 Å². The van der Waals surface area contributed by atoms with Gasteiger partial charge in [-0.05, 0) is 49.6 Å². The first-order valence-corrected chi connectivity index (χ1v) is 10.0. The highest BCUT2D eigenvalue weighted by atomic mass is 16.5. The summed E-state index contributed by atoms with van der Waals surface area (Å²) in [6.45, 7) is 3.70. The molecule has 148 valence electrons. The van der Waals surface area contributed by atoms with Crippen molar-refractivity contribution in [2.75, 3.05) is 13.7 Å². The Morgan fingerprint density at radius 3 is 2.38 bits per heavy atom. The van der Waals surface area contributed by atoms with E-state index in [0.717, 1.165) is 42.2 Å². The van der Waals surface area contributed by atoms with Crippen LogP contribution in [0.5, 0.6) is 11.5 Å². The number of hydrogen-bond acceptors (Lipinski definition) is 3. The van der Waals surface area contributed by atoms with E-state index in [1.165, 1.54) is 16.6 Å². The minimum atomic E-state index is 0.659. The van der Waals surface area contributed by atoms with Crippen LogP contribution in [0.25, 0.3) is 22.4 Å². The standard InChI is InChI=1S/C25H26N2O2/c1-19-11-3-4-12-20(19)25-26-21-13-5-6-14-22(21)27(25)17-9-10-18-29-24-16-8-7-15-23(24)28-2/h3-8,11-16H,9-10,17-18H2,1-2H3. The third kappa shape index (κ3) is 4.11. The van der Waals surface area contributed by atoms with Gasteiger partial charge in [-0.2, -0.15) is 0 Å². The molecule has 0 bridgehead atoms. The minimum absolute atomic E-state index is 0.659. The topological polar surface area (TPSA) is 36.3 Å². The van der Waals surface area contributed by atoms with Crippen molar-refractivity contribution in [1.82, 2.24) is 9.55 Å². The molecule has 0 saturated carbocycles. The van der Waals surface area contributed by atoms with E-state index < -0.39 is 0 Å². The summed E-state index contributed by atoms with van der Waals surface area (Å²) in [7, 11) is 1.67. The summed E-state index contributed by atoms with van der Waals surface area (Å²) in [5.74, 6) is 2.61. The second-order valence-corrected chi connectivity index (χ2v) is 7.10. The Bertz CT molecular complexity index is 1100. The number of unbranched alkanes of at least 4 members (excludes halogenated alkanes) is 1. The maximum atomic E-state index is 5.92. The summed E-state index contributed by atoms with van der Waals surface area (Å²) in [5, 5.41) is 0. The second kappa shape index (κ2) is 8.82. The van der Waals surface area contributed by atoms with Gasteiger partial charge in [0.1, 0.15) is 5.82 Å². The van der Waals surface area contributed by atoms with E-state index in [4.69, 9.17) is 14.5 Å². The van der Waals surface area contributed by atoms with E-state index in [9.17, 15) is 0 Å². The fourth-order valence-electron chi connectivity index (χ4n) is 3.62. The van der Waals surface area contributed by atoms with E-state index in [0.29, 0.717) is 6.61 Å². The number of benzene rings is 3. The van der Waals surface area contributed by atoms with Crippen molar-refractivity contribution in [3.63, 3.8) is 0 Å². The van der Waals surface area contributed by atoms with Gasteiger partial charge in [-0.15, -0.1) is 0 Å².